The maximum absolute atomic E-state index is 13.1. The van der Waals surface area contributed by atoms with Crippen LogP contribution in [-0.4, -0.2) is 25.8 Å². The molecular weight excluding hydrogens is 217 g/mol. The Balaban J connectivity index is 2.59. The fraction of sp³-hybridized carbons (Fsp3) is 0.571. The van der Waals surface area contributed by atoms with Crippen molar-refractivity contribution >= 4 is 0 Å². The molecule has 1 N–H and O–H groups in total. The molecule has 96 valence electrons. The van der Waals surface area contributed by atoms with E-state index in [1.54, 1.807) is 19.2 Å². The number of nitrogens with one attached hydrogen (secondary N) is 1. The van der Waals surface area contributed by atoms with Gasteiger partial charge in [0.2, 0.25) is 0 Å². The van der Waals surface area contributed by atoms with Gasteiger partial charge in [0.15, 0.2) is 0 Å². The number of likely N-dealkylation sites (N-methyl/N-ethyl adjacent to an activating group) is 1. The van der Waals surface area contributed by atoms with E-state index in [0.717, 1.165) is 24.9 Å². The number of rotatable bonds is 7. The van der Waals surface area contributed by atoms with Crippen molar-refractivity contribution in [1.29, 1.82) is 0 Å². The molecule has 0 aliphatic carbocycles. The molecule has 1 aromatic carbocycles. The zero-order valence-electron chi connectivity index (χ0n) is 10.9. The van der Waals surface area contributed by atoms with Gasteiger partial charge in [-0.3, -0.25) is 0 Å². The predicted molar refractivity (Wildman–Crippen MR) is 68.7 cm³/mol. The Morgan fingerprint density at radius 2 is 2.18 bits per heavy atom. The van der Waals surface area contributed by atoms with E-state index in [1.165, 1.54) is 6.07 Å². The lowest BCUT2D eigenvalue weighted by Gasteiger charge is -2.21. The molecule has 0 radical (unpaired) electrons. The number of ether oxygens (including phenoxy) is 1. The van der Waals surface area contributed by atoms with Crippen LogP contribution in [0.15, 0.2) is 24.3 Å². The monoisotopic (exact) mass is 239 g/mol. The minimum absolute atomic E-state index is 0.169. The van der Waals surface area contributed by atoms with Crippen molar-refractivity contribution in [3.05, 3.63) is 35.6 Å². The molecule has 0 amide bonds. The van der Waals surface area contributed by atoms with E-state index in [9.17, 15) is 4.39 Å². The van der Waals surface area contributed by atoms with Gasteiger partial charge in [0.1, 0.15) is 5.82 Å². The van der Waals surface area contributed by atoms with Crippen LogP contribution in [0.3, 0.4) is 0 Å². The van der Waals surface area contributed by atoms with Crippen LogP contribution in [0.5, 0.6) is 0 Å². The summed E-state index contributed by atoms with van der Waals surface area (Å²) >= 11 is 0. The van der Waals surface area contributed by atoms with Gasteiger partial charge >= 0.3 is 0 Å². The van der Waals surface area contributed by atoms with Crippen LogP contribution in [-0.2, 0) is 11.2 Å². The van der Waals surface area contributed by atoms with Gasteiger partial charge in [-0.25, -0.2) is 4.39 Å². The van der Waals surface area contributed by atoms with Crippen LogP contribution in [0.1, 0.15) is 25.8 Å². The lowest BCUT2D eigenvalue weighted by atomic mass is 10.0. The van der Waals surface area contributed by atoms with Crippen molar-refractivity contribution in [3.63, 3.8) is 0 Å². The highest BCUT2D eigenvalue weighted by Crippen LogP contribution is 2.10. The zero-order valence-corrected chi connectivity index (χ0v) is 10.9. The number of halogens is 1. The van der Waals surface area contributed by atoms with Crippen LogP contribution in [0.2, 0.25) is 0 Å². The van der Waals surface area contributed by atoms with Crippen molar-refractivity contribution < 1.29 is 9.13 Å². The molecule has 2 unspecified atom stereocenters. The van der Waals surface area contributed by atoms with Crippen molar-refractivity contribution in [3.8, 4) is 0 Å². The highest BCUT2D eigenvalue weighted by molar-refractivity contribution is 5.17. The first-order chi connectivity index (χ1) is 8.15. The molecule has 0 aliphatic heterocycles. The van der Waals surface area contributed by atoms with E-state index in [1.807, 2.05) is 6.07 Å². The normalized spacial score (nSPS) is 14.6. The summed E-state index contributed by atoms with van der Waals surface area (Å²) in [6.45, 7) is 5.04. The summed E-state index contributed by atoms with van der Waals surface area (Å²) in [6.07, 6.45) is 1.98. The summed E-state index contributed by atoms with van der Waals surface area (Å²) in [7, 11) is 1.72. The lowest BCUT2D eigenvalue weighted by Crippen LogP contribution is -2.34. The fourth-order valence-electron chi connectivity index (χ4n) is 1.97. The standard InChI is InChI=1S/C14H22FNO/c1-4-16-14(8-11(2)17-3)10-12-6-5-7-13(15)9-12/h5-7,9,11,14,16H,4,8,10H2,1-3H3. The molecule has 0 aliphatic rings. The molecular formula is C14H22FNO. The molecule has 0 heterocycles. The Hall–Kier alpha value is -0.930. The van der Waals surface area contributed by atoms with Gasteiger partial charge in [0, 0.05) is 13.2 Å². The first-order valence-electron chi connectivity index (χ1n) is 6.16. The van der Waals surface area contributed by atoms with Gasteiger partial charge in [-0.2, -0.15) is 0 Å². The summed E-state index contributed by atoms with van der Waals surface area (Å²) in [5, 5.41) is 3.41. The summed E-state index contributed by atoms with van der Waals surface area (Å²) in [4.78, 5) is 0. The summed E-state index contributed by atoms with van der Waals surface area (Å²) in [5.74, 6) is -0.169. The third kappa shape index (κ3) is 5.29. The molecule has 0 bridgehead atoms. The maximum atomic E-state index is 13.1. The summed E-state index contributed by atoms with van der Waals surface area (Å²) in [5.41, 5.74) is 1.03. The number of benzene rings is 1. The number of hydrogen-bond donors (Lipinski definition) is 1. The Morgan fingerprint density at radius 1 is 1.41 bits per heavy atom. The van der Waals surface area contributed by atoms with Crippen LogP contribution >= 0.6 is 0 Å². The highest BCUT2D eigenvalue weighted by atomic mass is 19.1. The molecule has 0 fully saturated rings. The molecule has 17 heavy (non-hydrogen) atoms. The van der Waals surface area contributed by atoms with Gasteiger partial charge in [-0.05, 0) is 44.0 Å². The Morgan fingerprint density at radius 3 is 2.76 bits per heavy atom. The maximum Gasteiger partial charge on any atom is 0.123 e. The quantitative estimate of drug-likeness (QED) is 0.790. The summed E-state index contributed by atoms with van der Waals surface area (Å²) in [6, 6.07) is 7.13. The van der Waals surface area contributed by atoms with Gasteiger partial charge in [0.25, 0.3) is 0 Å². The molecule has 0 aromatic heterocycles. The van der Waals surface area contributed by atoms with E-state index in [0.29, 0.717) is 6.04 Å². The van der Waals surface area contributed by atoms with E-state index >= 15 is 0 Å². The van der Waals surface area contributed by atoms with Crippen molar-refractivity contribution in [2.75, 3.05) is 13.7 Å². The molecule has 2 atom stereocenters. The van der Waals surface area contributed by atoms with Gasteiger partial charge < -0.3 is 10.1 Å². The SMILES string of the molecule is CCNC(Cc1cccc(F)c1)CC(C)OC. The molecule has 0 spiro atoms. The molecule has 0 saturated heterocycles. The molecule has 1 aromatic rings. The average Bonchev–Trinajstić information content (AvgIpc) is 2.29. The van der Waals surface area contributed by atoms with E-state index < -0.39 is 0 Å². The highest BCUT2D eigenvalue weighted by Gasteiger charge is 2.12. The van der Waals surface area contributed by atoms with Crippen molar-refractivity contribution in [1.82, 2.24) is 5.32 Å². The van der Waals surface area contributed by atoms with Crippen molar-refractivity contribution in [2.24, 2.45) is 0 Å². The minimum Gasteiger partial charge on any atom is -0.382 e. The largest absolute Gasteiger partial charge is 0.382 e. The average molecular weight is 239 g/mol. The van der Waals surface area contributed by atoms with Crippen LogP contribution in [0, 0.1) is 5.82 Å². The Bertz CT molecular complexity index is 330. The van der Waals surface area contributed by atoms with Crippen molar-refractivity contribution in [2.45, 2.75) is 38.8 Å². The Labute approximate surface area is 103 Å². The third-order valence-corrected chi connectivity index (χ3v) is 2.88. The van der Waals surface area contributed by atoms with Crippen LogP contribution in [0.25, 0.3) is 0 Å². The lowest BCUT2D eigenvalue weighted by molar-refractivity contribution is 0.101. The minimum atomic E-state index is -0.169. The smallest absolute Gasteiger partial charge is 0.123 e. The Kier molecular flexibility index (Phi) is 6.16. The fourth-order valence-corrected chi connectivity index (χ4v) is 1.97. The number of hydrogen-bond acceptors (Lipinski definition) is 2. The van der Waals surface area contributed by atoms with Gasteiger partial charge in [0.05, 0.1) is 6.10 Å². The predicted octanol–water partition coefficient (Wildman–Crippen LogP) is 2.77. The van der Waals surface area contributed by atoms with Crippen LogP contribution < -0.4 is 5.32 Å². The zero-order chi connectivity index (χ0) is 12.7. The molecule has 3 heteroatoms. The van der Waals surface area contributed by atoms with Crippen LogP contribution in [0.4, 0.5) is 4.39 Å². The first-order valence-corrected chi connectivity index (χ1v) is 6.16. The van der Waals surface area contributed by atoms with Gasteiger partial charge in [-0.1, -0.05) is 19.1 Å². The van der Waals surface area contributed by atoms with Gasteiger partial charge in [-0.15, -0.1) is 0 Å². The third-order valence-electron chi connectivity index (χ3n) is 2.88. The second-order valence-electron chi connectivity index (χ2n) is 4.37. The van der Waals surface area contributed by atoms with E-state index in [-0.39, 0.29) is 11.9 Å². The second kappa shape index (κ2) is 7.41. The van der Waals surface area contributed by atoms with E-state index in [2.05, 4.69) is 19.2 Å². The number of methoxy groups -OCH3 is 1. The molecule has 2 nitrogen and oxygen atoms in total. The molecule has 1 rings (SSSR count). The first kappa shape index (κ1) is 14.1. The topological polar surface area (TPSA) is 21.3 Å². The summed E-state index contributed by atoms with van der Waals surface area (Å²) < 4.78 is 18.4. The molecule has 0 saturated carbocycles. The second-order valence-corrected chi connectivity index (χ2v) is 4.37. The van der Waals surface area contributed by atoms with E-state index in [4.69, 9.17) is 4.74 Å².